The lowest BCUT2D eigenvalue weighted by atomic mass is 9.97. The van der Waals surface area contributed by atoms with Crippen molar-refractivity contribution < 1.29 is 26.5 Å². The van der Waals surface area contributed by atoms with E-state index in [0.717, 1.165) is 165 Å². The smallest absolute Gasteiger partial charge is 0.143 e. The van der Waals surface area contributed by atoms with E-state index in [1.165, 1.54) is 0 Å². The second-order valence-corrected chi connectivity index (χ2v) is 19.7. The molecule has 6 nitrogen and oxygen atoms in total. The molecule has 6 heterocycles. The summed E-state index contributed by atoms with van der Waals surface area (Å²) >= 11 is 0. The van der Waals surface area contributed by atoms with Crippen LogP contribution >= 0.6 is 0 Å². The van der Waals surface area contributed by atoms with Crippen LogP contribution in [0.3, 0.4) is 0 Å². The predicted molar refractivity (Wildman–Crippen MR) is 319 cm³/mol. The van der Waals surface area contributed by atoms with Gasteiger partial charge in [-0.25, -0.2) is 0 Å². The van der Waals surface area contributed by atoms with Gasteiger partial charge in [-0.15, -0.1) is 0 Å². The van der Waals surface area contributed by atoms with Crippen molar-refractivity contribution in [3.8, 4) is 33.4 Å². The second kappa shape index (κ2) is 17.5. The lowest BCUT2D eigenvalue weighted by Gasteiger charge is -2.05. The molecule has 0 spiro atoms. The molecule has 0 atom stereocenters. The van der Waals surface area contributed by atoms with Crippen LogP contribution < -0.4 is 0 Å². The fourth-order valence-electron chi connectivity index (χ4n) is 11.8. The standard InChI is InChI=1S/3C24H14O2/c2*1-3-12-20-15(7-1)17-10-5-11-18(24(17)26-20)16-9-6-14-22-23(16)19-8-2-4-13-21(19)25-22;1-3-10-21-17(6-1)19-13-12-15(14-23(19)25-21)16-8-5-9-20-18-7-2-4-11-22(18)26-24(16)20/h3*1-14H. The van der Waals surface area contributed by atoms with E-state index in [0.29, 0.717) is 0 Å². The molecule has 0 saturated heterocycles. The van der Waals surface area contributed by atoms with Crippen molar-refractivity contribution in [2.75, 3.05) is 0 Å². The normalized spacial score (nSPS) is 11.8. The molecule has 366 valence electrons. The van der Waals surface area contributed by atoms with Gasteiger partial charge in [-0.05, 0) is 77.4 Å². The number of hydrogen-bond donors (Lipinski definition) is 0. The zero-order valence-electron chi connectivity index (χ0n) is 41.7. The van der Waals surface area contributed by atoms with Gasteiger partial charge >= 0.3 is 0 Å². The third-order valence-electron chi connectivity index (χ3n) is 15.3. The fourth-order valence-corrected chi connectivity index (χ4v) is 11.8. The van der Waals surface area contributed by atoms with Gasteiger partial charge < -0.3 is 26.5 Å². The van der Waals surface area contributed by atoms with E-state index in [-0.39, 0.29) is 0 Å². The van der Waals surface area contributed by atoms with Gasteiger partial charge in [0.2, 0.25) is 0 Å². The molecule has 0 unspecified atom stereocenters. The third kappa shape index (κ3) is 6.90. The van der Waals surface area contributed by atoms with Gasteiger partial charge in [0.05, 0.1) is 0 Å². The average Bonchev–Trinajstić information content (AvgIpc) is 4.44. The Kier molecular flexibility index (Phi) is 9.84. The van der Waals surface area contributed by atoms with E-state index in [9.17, 15) is 0 Å². The summed E-state index contributed by atoms with van der Waals surface area (Å²) in [6.07, 6.45) is 0. The zero-order valence-corrected chi connectivity index (χ0v) is 41.7. The predicted octanol–water partition coefficient (Wildman–Crippen LogP) is 21.5. The van der Waals surface area contributed by atoms with E-state index in [2.05, 4.69) is 133 Å². The van der Waals surface area contributed by atoms with Crippen molar-refractivity contribution in [1.82, 2.24) is 0 Å². The first-order valence-electron chi connectivity index (χ1n) is 26.1. The molecule has 18 rings (SSSR count). The highest BCUT2D eigenvalue weighted by Crippen LogP contribution is 2.44. The third-order valence-corrected chi connectivity index (χ3v) is 15.3. The molecule has 0 aliphatic heterocycles. The summed E-state index contributed by atoms with van der Waals surface area (Å²) < 4.78 is 36.8. The molecular weight excluding hydrogens is 961 g/mol. The number of para-hydroxylation sites is 9. The van der Waals surface area contributed by atoms with Gasteiger partial charge in [-0.3, -0.25) is 0 Å². The molecule has 0 saturated carbocycles. The summed E-state index contributed by atoms with van der Waals surface area (Å²) in [7, 11) is 0. The fraction of sp³-hybridized carbons (Fsp3) is 0. The lowest BCUT2D eigenvalue weighted by molar-refractivity contribution is 0.667. The van der Waals surface area contributed by atoms with E-state index in [1.54, 1.807) is 0 Å². The van der Waals surface area contributed by atoms with E-state index in [1.807, 2.05) is 121 Å². The summed E-state index contributed by atoms with van der Waals surface area (Å²) in [4.78, 5) is 0. The van der Waals surface area contributed by atoms with Crippen molar-refractivity contribution in [3.05, 3.63) is 255 Å². The number of hydrogen-bond acceptors (Lipinski definition) is 6. The molecular formula is C72H42O6. The minimum atomic E-state index is 0.900. The minimum absolute atomic E-state index is 0.900. The van der Waals surface area contributed by atoms with Crippen LogP contribution in [0.1, 0.15) is 0 Å². The Labute approximate surface area is 444 Å². The number of fused-ring (bicyclic) bond motifs is 18. The Bertz CT molecular complexity index is 5140. The van der Waals surface area contributed by atoms with Gasteiger partial charge in [0.15, 0.2) is 0 Å². The van der Waals surface area contributed by atoms with Crippen molar-refractivity contribution in [3.63, 3.8) is 0 Å². The molecule has 0 aliphatic rings. The Hall–Kier alpha value is -10.6. The number of benzene rings is 12. The molecule has 12 aromatic carbocycles. The molecule has 18 aromatic rings. The number of furan rings is 6. The van der Waals surface area contributed by atoms with Crippen molar-refractivity contribution in [2.24, 2.45) is 0 Å². The molecule has 0 aliphatic carbocycles. The molecule has 78 heavy (non-hydrogen) atoms. The minimum Gasteiger partial charge on any atom is -0.456 e. The lowest BCUT2D eigenvalue weighted by Crippen LogP contribution is -1.80. The van der Waals surface area contributed by atoms with Crippen LogP contribution in [0, 0.1) is 0 Å². The van der Waals surface area contributed by atoms with Crippen LogP contribution in [-0.4, -0.2) is 0 Å². The second-order valence-electron chi connectivity index (χ2n) is 19.7. The number of rotatable bonds is 3. The van der Waals surface area contributed by atoms with Crippen molar-refractivity contribution in [1.29, 1.82) is 0 Å². The highest BCUT2D eigenvalue weighted by atomic mass is 16.3. The van der Waals surface area contributed by atoms with Gasteiger partial charge in [0.25, 0.3) is 0 Å². The van der Waals surface area contributed by atoms with E-state index in [4.69, 9.17) is 26.5 Å². The summed E-state index contributed by atoms with van der Waals surface area (Å²) in [5, 5.41) is 13.7. The maximum Gasteiger partial charge on any atom is 0.143 e. The molecule has 0 amide bonds. The summed E-state index contributed by atoms with van der Waals surface area (Å²) in [6, 6.07) is 86.9. The van der Waals surface area contributed by atoms with Crippen LogP contribution in [-0.2, 0) is 0 Å². The van der Waals surface area contributed by atoms with E-state index >= 15 is 0 Å². The van der Waals surface area contributed by atoms with Gasteiger partial charge in [0, 0.05) is 81.3 Å². The summed E-state index contributed by atoms with van der Waals surface area (Å²) in [6.45, 7) is 0. The zero-order chi connectivity index (χ0) is 51.3. The molecule has 0 radical (unpaired) electrons. The van der Waals surface area contributed by atoms with Crippen LogP contribution in [0.15, 0.2) is 281 Å². The summed E-state index contributed by atoms with van der Waals surface area (Å²) in [5.41, 5.74) is 17.6. The first-order chi connectivity index (χ1) is 38.7. The van der Waals surface area contributed by atoms with Crippen LogP contribution in [0.4, 0.5) is 0 Å². The molecule has 6 aromatic heterocycles. The quantitative estimate of drug-likeness (QED) is 0.175. The monoisotopic (exact) mass is 1000 g/mol. The molecule has 6 heteroatoms. The maximum atomic E-state index is 6.24. The molecule has 0 N–H and O–H groups in total. The highest BCUT2D eigenvalue weighted by molar-refractivity contribution is 6.19. The largest absolute Gasteiger partial charge is 0.456 e. The molecule has 0 fully saturated rings. The van der Waals surface area contributed by atoms with Crippen molar-refractivity contribution >= 4 is 132 Å². The summed E-state index contributed by atoms with van der Waals surface area (Å²) in [5.74, 6) is 0. The SMILES string of the molecule is c1ccc2c(c1)oc1c(-c3cccc4oc5ccccc5c34)cccc12.c1ccc2c(c1)oc1c(-c3cccc4oc5ccccc5c34)cccc12.c1ccc2c(c1)oc1cc(-c3cccc4c3oc3ccccc34)ccc12. The van der Waals surface area contributed by atoms with Crippen LogP contribution in [0.25, 0.3) is 165 Å². The topological polar surface area (TPSA) is 78.8 Å². The highest BCUT2D eigenvalue weighted by Gasteiger charge is 2.20. The Morgan fingerprint density at radius 1 is 0.167 bits per heavy atom. The van der Waals surface area contributed by atoms with Gasteiger partial charge in [-0.2, -0.15) is 0 Å². The van der Waals surface area contributed by atoms with Gasteiger partial charge in [0.1, 0.15) is 67.0 Å². The Balaban J connectivity index is 0.0000000978. The first-order valence-corrected chi connectivity index (χ1v) is 26.1. The van der Waals surface area contributed by atoms with E-state index < -0.39 is 0 Å². The van der Waals surface area contributed by atoms with Crippen LogP contribution in [0.2, 0.25) is 0 Å². The average molecular weight is 1000 g/mol. The van der Waals surface area contributed by atoms with Gasteiger partial charge in [-0.1, -0.05) is 194 Å². The maximum absolute atomic E-state index is 6.24. The Morgan fingerprint density at radius 2 is 0.449 bits per heavy atom. The first kappa shape index (κ1) is 43.8. The Morgan fingerprint density at radius 3 is 0.897 bits per heavy atom. The van der Waals surface area contributed by atoms with Crippen LogP contribution in [0.5, 0.6) is 0 Å². The van der Waals surface area contributed by atoms with Crippen molar-refractivity contribution in [2.45, 2.75) is 0 Å². The molecule has 0 bridgehead atoms.